The number of nitrogens with two attached hydrogens (primary N) is 1. The first-order valence-corrected chi connectivity index (χ1v) is 4.10. The van der Waals surface area contributed by atoms with Gasteiger partial charge in [0.1, 0.15) is 0 Å². The first kappa shape index (κ1) is 7.73. The van der Waals surface area contributed by atoms with Crippen LogP contribution in [0.15, 0.2) is 48.3 Å². The molecular formula is C10H11N3. The van der Waals surface area contributed by atoms with E-state index in [0.717, 1.165) is 17.0 Å². The number of nitrogens with one attached hydrogen (secondary N) is 2. The fourth-order valence-electron chi connectivity index (χ4n) is 1.21. The van der Waals surface area contributed by atoms with Crippen molar-refractivity contribution in [3.05, 3.63) is 53.9 Å². The van der Waals surface area contributed by atoms with Crippen LogP contribution in [0.2, 0.25) is 0 Å². The highest BCUT2D eigenvalue weighted by molar-refractivity contribution is 5.66. The van der Waals surface area contributed by atoms with Crippen molar-refractivity contribution in [2.75, 3.05) is 0 Å². The van der Waals surface area contributed by atoms with Gasteiger partial charge in [0.25, 0.3) is 0 Å². The maximum atomic E-state index is 5.64. The average molecular weight is 173 g/mol. The Labute approximate surface area is 76.9 Å². The van der Waals surface area contributed by atoms with E-state index in [-0.39, 0.29) is 0 Å². The number of hydrazine groups is 1. The summed E-state index contributed by atoms with van der Waals surface area (Å²) in [6.07, 6.45) is 3.61. The van der Waals surface area contributed by atoms with Crippen molar-refractivity contribution in [1.82, 2.24) is 10.9 Å². The minimum Gasteiger partial charge on any atom is -0.397 e. The Bertz CT molecular complexity index is 352. The molecule has 0 fully saturated rings. The molecule has 2 rings (SSSR count). The fourth-order valence-corrected chi connectivity index (χ4v) is 1.21. The van der Waals surface area contributed by atoms with Gasteiger partial charge in [0.05, 0.1) is 11.4 Å². The zero-order valence-corrected chi connectivity index (χ0v) is 7.12. The zero-order chi connectivity index (χ0) is 9.10. The van der Waals surface area contributed by atoms with Crippen LogP contribution in [0.5, 0.6) is 0 Å². The fraction of sp³-hybridized carbons (Fsp3) is 0. The first-order chi connectivity index (χ1) is 6.36. The first-order valence-electron chi connectivity index (χ1n) is 4.10. The molecule has 4 N–H and O–H groups in total. The molecule has 0 saturated heterocycles. The van der Waals surface area contributed by atoms with Crippen molar-refractivity contribution in [3.63, 3.8) is 0 Å². The smallest absolute Gasteiger partial charge is 0.0633 e. The second-order valence-electron chi connectivity index (χ2n) is 2.84. The molecule has 1 aliphatic heterocycles. The van der Waals surface area contributed by atoms with Gasteiger partial charge >= 0.3 is 0 Å². The van der Waals surface area contributed by atoms with Crippen LogP contribution in [0.1, 0.15) is 5.56 Å². The second kappa shape index (κ2) is 3.23. The molecule has 66 valence electrons. The van der Waals surface area contributed by atoms with Crippen molar-refractivity contribution in [3.8, 4) is 0 Å². The summed E-state index contributed by atoms with van der Waals surface area (Å²) in [7, 11) is 0. The normalized spacial score (nSPS) is 15.1. The molecule has 1 heterocycles. The van der Waals surface area contributed by atoms with E-state index < -0.39 is 0 Å². The van der Waals surface area contributed by atoms with Crippen molar-refractivity contribution < 1.29 is 0 Å². The largest absolute Gasteiger partial charge is 0.397 e. The highest BCUT2D eigenvalue weighted by atomic mass is 15.4. The van der Waals surface area contributed by atoms with Gasteiger partial charge in [-0.3, -0.25) is 0 Å². The minimum absolute atomic E-state index is 0.720. The summed E-state index contributed by atoms with van der Waals surface area (Å²) in [6, 6.07) is 10.0. The monoisotopic (exact) mass is 173 g/mol. The highest BCUT2D eigenvalue weighted by Crippen LogP contribution is 2.12. The van der Waals surface area contributed by atoms with E-state index in [1.807, 2.05) is 36.4 Å². The van der Waals surface area contributed by atoms with E-state index in [9.17, 15) is 0 Å². The van der Waals surface area contributed by atoms with Crippen LogP contribution in [0.4, 0.5) is 0 Å². The molecule has 0 atom stereocenters. The van der Waals surface area contributed by atoms with Gasteiger partial charge in [-0.15, -0.1) is 0 Å². The third-order valence-electron chi connectivity index (χ3n) is 1.84. The Morgan fingerprint density at radius 3 is 2.54 bits per heavy atom. The molecule has 0 bridgehead atoms. The molecule has 0 aromatic heterocycles. The summed E-state index contributed by atoms with van der Waals surface area (Å²) in [5.41, 5.74) is 14.4. The molecule has 1 aromatic rings. The predicted molar refractivity (Wildman–Crippen MR) is 53.0 cm³/mol. The van der Waals surface area contributed by atoms with Gasteiger partial charge in [0, 0.05) is 6.20 Å². The maximum absolute atomic E-state index is 5.64. The van der Waals surface area contributed by atoms with Crippen LogP contribution in [0, 0.1) is 0 Å². The Kier molecular flexibility index (Phi) is 1.92. The molecule has 3 heteroatoms. The third-order valence-corrected chi connectivity index (χ3v) is 1.84. The lowest BCUT2D eigenvalue weighted by atomic mass is 10.1. The summed E-state index contributed by atoms with van der Waals surface area (Å²) in [4.78, 5) is 0. The summed E-state index contributed by atoms with van der Waals surface area (Å²) in [5, 5.41) is 0. The minimum atomic E-state index is 0.720. The SMILES string of the molecule is NC1=CNNC(c2ccccc2)=C1. The van der Waals surface area contributed by atoms with Crippen molar-refractivity contribution in [2.24, 2.45) is 5.73 Å². The van der Waals surface area contributed by atoms with Gasteiger partial charge in [0.2, 0.25) is 0 Å². The molecule has 1 aromatic carbocycles. The maximum Gasteiger partial charge on any atom is 0.0633 e. The predicted octanol–water partition coefficient (Wildman–Crippen LogP) is 0.935. The summed E-state index contributed by atoms with van der Waals surface area (Å²) >= 11 is 0. The summed E-state index contributed by atoms with van der Waals surface area (Å²) in [5.74, 6) is 0. The van der Waals surface area contributed by atoms with Crippen molar-refractivity contribution in [2.45, 2.75) is 0 Å². The van der Waals surface area contributed by atoms with E-state index in [1.54, 1.807) is 6.20 Å². The van der Waals surface area contributed by atoms with Crippen LogP contribution in [0.25, 0.3) is 5.70 Å². The number of hydrogen-bond donors (Lipinski definition) is 3. The number of rotatable bonds is 1. The molecule has 0 saturated carbocycles. The quantitative estimate of drug-likeness (QED) is 0.592. The molecule has 3 nitrogen and oxygen atoms in total. The number of benzene rings is 1. The van der Waals surface area contributed by atoms with Gasteiger partial charge in [0.15, 0.2) is 0 Å². The lowest BCUT2D eigenvalue weighted by Gasteiger charge is -2.15. The van der Waals surface area contributed by atoms with E-state index in [1.165, 1.54) is 0 Å². The van der Waals surface area contributed by atoms with Gasteiger partial charge in [-0.25, -0.2) is 0 Å². The van der Waals surface area contributed by atoms with Crippen molar-refractivity contribution in [1.29, 1.82) is 0 Å². The molecule has 0 aliphatic carbocycles. The Balaban J connectivity index is 2.32. The van der Waals surface area contributed by atoms with E-state index in [0.29, 0.717) is 0 Å². The van der Waals surface area contributed by atoms with E-state index in [4.69, 9.17) is 5.73 Å². The molecule has 0 amide bonds. The van der Waals surface area contributed by atoms with Gasteiger partial charge < -0.3 is 16.6 Å². The molecular weight excluding hydrogens is 162 g/mol. The van der Waals surface area contributed by atoms with Crippen LogP contribution in [0.3, 0.4) is 0 Å². The Hall–Kier alpha value is -1.90. The highest BCUT2D eigenvalue weighted by Gasteiger charge is 2.02. The topological polar surface area (TPSA) is 50.1 Å². The number of allylic oxidation sites excluding steroid dienone is 1. The lowest BCUT2D eigenvalue weighted by Crippen LogP contribution is -2.29. The van der Waals surface area contributed by atoms with Crippen molar-refractivity contribution >= 4 is 5.70 Å². The average Bonchev–Trinajstić information content (AvgIpc) is 2.19. The van der Waals surface area contributed by atoms with Gasteiger partial charge in [-0.1, -0.05) is 30.3 Å². The third kappa shape index (κ3) is 1.64. The van der Waals surface area contributed by atoms with Gasteiger partial charge in [-0.2, -0.15) is 0 Å². The van der Waals surface area contributed by atoms with Crippen LogP contribution >= 0.6 is 0 Å². The van der Waals surface area contributed by atoms with Gasteiger partial charge in [-0.05, 0) is 11.6 Å². The lowest BCUT2D eigenvalue weighted by molar-refractivity contribution is 0.776. The summed E-state index contributed by atoms with van der Waals surface area (Å²) in [6.45, 7) is 0. The molecule has 1 aliphatic rings. The zero-order valence-electron chi connectivity index (χ0n) is 7.12. The molecule has 13 heavy (non-hydrogen) atoms. The molecule has 0 spiro atoms. The van der Waals surface area contributed by atoms with E-state index in [2.05, 4.69) is 10.9 Å². The molecule has 0 radical (unpaired) electrons. The number of hydrogen-bond acceptors (Lipinski definition) is 3. The van der Waals surface area contributed by atoms with Crippen LogP contribution in [-0.4, -0.2) is 0 Å². The molecule has 0 unspecified atom stereocenters. The summed E-state index contributed by atoms with van der Waals surface area (Å²) < 4.78 is 0. The van der Waals surface area contributed by atoms with Crippen LogP contribution < -0.4 is 16.6 Å². The van der Waals surface area contributed by atoms with E-state index >= 15 is 0 Å². The second-order valence-corrected chi connectivity index (χ2v) is 2.84. The Morgan fingerprint density at radius 1 is 1.08 bits per heavy atom. The van der Waals surface area contributed by atoms with Crippen LogP contribution in [-0.2, 0) is 0 Å². The standard InChI is InChI=1S/C10H11N3/c11-9-6-10(13-12-7-9)8-4-2-1-3-5-8/h1-7,12-13H,11H2. The Morgan fingerprint density at radius 2 is 1.85 bits per heavy atom.